The molecule has 1 aliphatic heterocycles. The van der Waals surface area contributed by atoms with Gasteiger partial charge in [0.2, 0.25) is 0 Å². The van der Waals surface area contributed by atoms with Crippen molar-refractivity contribution >= 4 is 28.3 Å². The van der Waals surface area contributed by atoms with E-state index >= 15 is 0 Å². The van der Waals surface area contributed by atoms with E-state index in [-0.39, 0.29) is 41.9 Å². The van der Waals surface area contributed by atoms with Crippen molar-refractivity contribution in [2.45, 2.75) is 51.6 Å². The second-order valence-corrected chi connectivity index (χ2v) is 9.74. The minimum absolute atomic E-state index is 0. The van der Waals surface area contributed by atoms with Gasteiger partial charge in [0, 0.05) is 35.8 Å². The first-order valence-electron chi connectivity index (χ1n) is 11.7. The smallest absolute Gasteiger partial charge is 0.280 e. The first-order chi connectivity index (χ1) is 15.8. The van der Waals surface area contributed by atoms with Crippen LogP contribution in [0.25, 0.3) is 10.8 Å². The molecule has 6 nitrogen and oxygen atoms in total. The first-order valence-corrected chi connectivity index (χ1v) is 12.1. The Labute approximate surface area is 211 Å². The molecule has 0 saturated carbocycles. The van der Waals surface area contributed by atoms with Crippen LogP contribution in [0.3, 0.4) is 0 Å². The molecule has 8 heteroatoms. The zero-order valence-corrected chi connectivity index (χ0v) is 21.2. The van der Waals surface area contributed by atoms with Crippen LogP contribution in [0.2, 0.25) is 5.02 Å². The number of halogens is 2. The molecule has 3 N–H and O–H groups in total. The van der Waals surface area contributed by atoms with Crippen molar-refractivity contribution in [2.75, 3.05) is 13.1 Å². The lowest BCUT2D eigenvalue weighted by atomic mass is 10.0. The highest BCUT2D eigenvalue weighted by Gasteiger charge is 2.30. The number of benzene rings is 2. The molecule has 4 rings (SSSR count). The molecule has 2 aromatic carbocycles. The highest BCUT2D eigenvalue weighted by molar-refractivity contribution is 6.30. The van der Waals surface area contributed by atoms with Gasteiger partial charge in [-0.3, -0.25) is 9.59 Å². The maximum absolute atomic E-state index is 13.4. The van der Waals surface area contributed by atoms with Crippen LogP contribution in [0, 0.1) is 5.92 Å². The van der Waals surface area contributed by atoms with E-state index in [1.165, 1.54) is 0 Å². The molecule has 2 heterocycles. The van der Waals surface area contributed by atoms with Crippen molar-refractivity contribution in [1.29, 1.82) is 0 Å². The summed E-state index contributed by atoms with van der Waals surface area (Å²) in [5, 5.41) is 7.14. The van der Waals surface area contributed by atoms with E-state index in [1.54, 1.807) is 4.68 Å². The van der Waals surface area contributed by atoms with Gasteiger partial charge < -0.3 is 23.0 Å². The van der Waals surface area contributed by atoms with Gasteiger partial charge in [0.05, 0.1) is 17.1 Å². The summed E-state index contributed by atoms with van der Waals surface area (Å²) in [5.74, 6) is 0.310. The fraction of sp³-hybridized carbons (Fsp3) is 0.423. The number of likely N-dealkylation sites (tertiary alicyclic amines) is 1. The molecule has 1 amide bonds. The number of carbonyl (C=O) groups excluding carboxylic acids is 1. The average Bonchev–Trinajstić information content (AvgIpc) is 3.07. The fourth-order valence-corrected chi connectivity index (χ4v) is 4.64. The summed E-state index contributed by atoms with van der Waals surface area (Å²) in [5.41, 5.74) is 5.97. The molecule has 0 radical (unpaired) electrons. The predicted octanol–water partition coefficient (Wildman–Crippen LogP) is 0.465. The van der Waals surface area contributed by atoms with E-state index in [0.29, 0.717) is 36.3 Å². The highest BCUT2D eigenvalue weighted by Crippen LogP contribution is 2.24. The van der Waals surface area contributed by atoms with E-state index in [9.17, 15) is 9.59 Å². The van der Waals surface area contributed by atoms with Crippen LogP contribution in [0.4, 0.5) is 0 Å². The summed E-state index contributed by atoms with van der Waals surface area (Å²) in [7, 11) is 0. The van der Waals surface area contributed by atoms with Gasteiger partial charge in [-0.2, -0.15) is 5.10 Å². The Balaban J connectivity index is 0.00000324. The number of fused-ring (bicyclic) bond motifs is 1. The van der Waals surface area contributed by atoms with Gasteiger partial charge >= 0.3 is 0 Å². The van der Waals surface area contributed by atoms with Crippen LogP contribution in [-0.4, -0.2) is 39.7 Å². The third-order valence-electron chi connectivity index (χ3n) is 6.67. The quantitative estimate of drug-likeness (QED) is 0.550. The van der Waals surface area contributed by atoms with Crippen LogP contribution in [-0.2, 0) is 11.2 Å². The molecule has 1 aliphatic rings. The SMILES string of the molecule is CC(C)C([NH3+])C(=O)N1CCCC(n2nc(Cc3ccc(Cl)cc3)c3ccccc3c2=O)CC1.[Cl-]. The number of rotatable bonds is 5. The second kappa shape index (κ2) is 11.3. The van der Waals surface area contributed by atoms with E-state index in [4.69, 9.17) is 16.7 Å². The van der Waals surface area contributed by atoms with Crippen LogP contribution in [0.15, 0.2) is 53.3 Å². The number of nitrogens with zero attached hydrogens (tertiary/aromatic N) is 3. The molecule has 2 unspecified atom stereocenters. The molecule has 0 aliphatic carbocycles. The fourth-order valence-electron chi connectivity index (χ4n) is 4.51. The Morgan fingerprint density at radius 3 is 2.44 bits per heavy atom. The monoisotopic (exact) mass is 502 g/mol. The van der Waals surface area contributed by atoms with Crippen molar-refractivity contribution in [2.24, 2.45) is 5.92 Å². The average molecular weight is 503 g/mol. The van der Waals surface area contributed by atoms with Crippen molar-refractivity contribution < 1.29 is 22.9 Å². The predicted molar refractivity (Wildman–Crippen MR) is 131 cm³/mol. The number of aromatic nitrogens is 2. The Morgan fingerprint density at radius 1 is 1.09 bits per heavy atom. The summed E-state index contributed by atoms with van der Waals surface area (Å²) in [6.07, 6.45) is 2.99. The van der Waals surface area contributed by atoms with Crippen LogP contribution >= 0.6 is 11.6 Å². The van der Waals surface area contributed by atoms with E-state index in [0.717, 1.165) is 29.5 Å². The molecule has 1 aromatic heterocycles. The minimum Gasteiger partial charge on any atom is -1.00 e. The normalized spacial score (nSPS) is 17.3. The lowest BCUT2D eigenvalue weighted by molar-refractivity contribution is -0.416. The third-order valence-corrected chi connectivity index (χ3v) is 6.92. The molecule has 34 heavy (non-hydrogen) atoms. The largest absolute Gasteiger partial charge is 1.00 e. The molecule has 0 bridgehead atoms. The van der Waals surface area contributed by atoms with Crippen LogP contribution in [0.5, 0.6) is 0 Å². The maximum atomic E-state index is 13.4. The molecular weight excluding hydrogens is 471 g/mol. The van der Waals surface area contributed by atoms with Gasteiger partial charge in [-0.05, 0) is 43.0 Å². The van der Waals surface area contributed by atoms with E-state index in [2.05, 4.69) is 5.73 Å². The number of hydrogen-bond donors (Lipinski definition) is 1. The lowest BCUT2D eigenvalue weighted by Crippen LogP contribution is -3.00. The number of carbonyl (C=O) groups is 1. The third kappa shape index (κ3) is 5.62. The minimum atomic E-state index is -0.242. The summed E-state index contributed by atoms with van der Waals surface area (Å²) < 4.78 is 1.67. The standard InChI is InChI=1S/C26H31ClN4O2.ClH/c1-17(2)24(28)26(33)30-14-5-6-20(13-15-30)31-25(32)22-8-4-3-7-21(22)23(29-31)16-18-9-11-19(27)12-10-18;/h3-4,7-12,17,20,24H,5-6,13-16,28H2,1-2H3;1H. The van der Waals surface area contributed by atoms with Crippen LogP contribution < -0.4 is 23.7 Å². The van der Waals surface area contributed by atoms with Crippen LogP contribution in [0.1, 0.15) is 50.4 Å². The summed E-state index contributed by atoms with van der Waals surface area (Å²) in [6, 6.07) is 15.1. The molecule has 0 spiro atoms. The van der Waals surface area contributed by atoms with E-state index in [1.807, 2.05) is 67.3 Å². The first kappa shape index (κ1) is 26.2. The van der Waals surface area contributed by atoms with Crippen molar-refractivity contribution in [1.82, 2.24) is 14.7 Å². The van der Waals surface area contributed by atoms with E-state index < -0.39 is 0 Å². The summed E-state index contributed by atoms with van der Waals surface area (Å²) >= 11 is 6.05. The zero-order valence-electron chi connectivity index (χ0n) is 19.7. The van der Waals surface area contributed by atoms with Gasteiger partial charge in [-0.25, -0.2) is 4.68 Å². The van der Waals surface area contributed by atoms with Crippen molar-refractivity contribution in [3.05, 3.63) is 75.2 Å². The Morgan fingerprint density at radius 2 is 1.76 bits per heavy atom. The maximum Gasteiger partial charge on any atom is 0.280 e. The molecular formula is C26H32Cl2N4O2. The molecule has 2 atom stereocenters. The second-order valence-electron chi connectivity index (χ2n) is 9.31. The van der Waals surface area contributed by atoms with Gasteiger partial charge in [-0.1, -0.05) is 55.8 Å². The molecule has 3 aromatic rings. The van der Waals surface area contributed by atoms with Gasteiger partial charge in [0.15, 0.2) is 6.04 Å². The highest BCUT2D eigenvalue weighted by atomic mass is 35.5. The number of amides is 1. The lowest BCUT2D eigenvalue weighted by Gasteiger charge is -2.24. The summed E-state index contributed by atoms with van der Waals surface area (Å²) in [4.78, 5) is 28.1. The van der Waals surface area contributed by atoms with Gasteiger partial charge in [0.25, 0.3) is 11.5 Å². The number of quaternary nitrogens is 1. The van der Waals surface area contributed by atoms with Crippen molar-refractivity contribution in [3.8, 4) is 0 Å². The van der Waals surface area contributed by atoms with Gasteiger partial charge in [0.1, 0.15) is 0 Å². The molecule has 1 fully saturated rings. The topological polar surface area (TPSA) is 82.8 Å². The molecule has 182 valence electrons. The Bertz CT molecular complexity index is 1190. The molecule has 1 saturated heterocycles. The zero-order chi connectivity index (χ0) is 23.5. The Kier molecular flexibility index (Phi) is 8.74. The summed E-state index contributed by atoms with van der Waals surface area (Å²) in [6.45, 7) is 5.37. The number of hydrogen-bond acceptors (Lipinski definition) is 3. The van der Waals surface area contributed by atoms with Crippen molar-refractivity contribution in [3.63, 3.8) is 0 Å². The Hall–Kier alpha value is -2.41. The van der Waals surface area contributed by atoms with Gasteiger partial charge in [-0.15, -0.1) is 0 Å².